The third kappa shape index (κ3) is 3.33. The predicted octanol–water partition coefficient (Wildman–Crippen LogP) is 7.41. The van der Waals surface area contributed by atoms with E-state index in [1.54, 1.807) is 84.9 Å². The van der Waals surface area contributed by atoms with Crippen LogP contribution in [0.5, 0.6) is 0 Å². The lowest BCUT2D eigenvalue weighted by atomic mass is 9.79. The zero-order valence-corrected chi connectivity index (χ0v) is 20.2. The van der Waals surface area contributed by atoms with Crippen LogP contribution in [0, 0.1) is 63.2 Å². The molecule has 8 heteroatoms. The molecule has 0 atom stereocenters. The molecule has 0 heterocycles. The van der Waals surface area contributed by atoms with E-state index in [1.165, 1.54) is 0 Å². The van der Waals surface area contributed by atoms with E-state index in [-0.39, 0.29) is 33.4 Å². The Kier molecular flexibility index (Phi) is 6.09. The van der Waals surface area contributed by atoms with Crippen LogP contribution in [0.4, 0.5) is 8.78 Å². The average molecular weight is 516 g/mol. The maximum absolute atomic E-state index is 16.1. The van der Waals surface area contributed by atoms with Crippen LogP contribution in [0.15, 0.2) is 83.5 Å². The summed E-state index contributed by atoms with van der Waals surface area (Å²) in [6.45, 7) is 7.83. The second-order valence-electron chi connectivity index (χ2n) is 8.50. The lowest BCUT2D eigenvalue weighted by Crippen LogP contribution is -2.04. The van der Waals surface area contributed by atoms with Crippen molar-refractivity contribution in [2.75, 3.05) is 0 Å². The summed E-state index contributed by atoms with van der Waals surface area (Å²) in [4.78, 5) is 3.41. The molecule has 2 aliphatic rings. The lowest BCUT2D eigenvalue weighted by Gasteiger charge is -2.22. The van der Waals surface area contributed by atoms with Crippen molar-refractivity contribution in [3.05, 3.63) is 117 Å². The third-order valence-electron chi connectivity index (χ3n) is 6.65. The van der Waals surface area contributed by atoms with Gasteiger partial charge in [-0.25, -0.2) is 13.6 Å². The first-order valence-corrected chi connectivity index (χ1v) is 11.5. The Hall–Kier alpha value is -6.58. The molecule has 0 fully saturated rings. The third-order valence-corrected chi connectivity index (χ3v) is 6.65. The molecular weight excluding hydrogens is 506 g/mol. The highest BCUT2D eigenvalue weighted by Crippen LogP contribution is 2.60. The van der Waals surface area contributed by atoms with Gasteiger partial charge in [-0.15, -0.1) is 0 Å². The number of halogens is 2. The quantitative estimate of drug-likeness (QED) is 0.259. The molecule has 2 aliphatic carbocycles. The highest BCUT2D eigenvalue weighted by molar-refractivity contribution is 6.20. The van der Waals surface area contributed by atoms with Gasteiger partial charge in [0.15, 0.2) is 5.83 Å². The van der Waals surface area contributed by atoms with Crippen LogP contribution in [0.2, 0.25) is 0 Å². The van der Waals surface area contributed by atoms with E-state index in [2.05, 4.69) is 4.85 Å². The Morgan fingerprint density at radius 1 is 0.575 bits per heavy atom. The standard InChI is InChI=1S/C32H10F2N6/c1-40-32-29-22(17-8-4-2-5-9-17)26-21(16-39)30(33)24(19(12-35)13-36)27(26)23(18-10-6-3-7-11-18)28(29)25(31(32)34)20(14-37)15-38/h2-11H. The molecule has 3 aromatic carbocycles. The number of hydrogen-bond acceptors (Lipinski definition) is 5. The van der Waals surface area contributed by atoms with Gasteiger partial charge in [0.1, 0.15) is 47.3 Å². The Morgan fingerprint density at radius 3 is 1.43 bits per heavy atom. The van der Waals surface area contributed by atoms with Crippen molar-refractivity contribution in [2.24, 2.45) is 0 Å². The van der Waals surface area contributed by atoms with Crippen molar-refractivity contribution in [1.29, 1.82) is 26.3 Å². The molecule has 0 aliphatic heterocycles. The van der Waals surface area contributed by atoms with Crippen molar-refractivity contribution >= 4 is 22.4 Å². The summed E-state index contributed by atoms with van der Waals surface area (Å²) in [5, 5.41) is 49.2. The number of nitrogens with zero attached hydrogens (tertiary/aromatic N) is 6. The molecule has 0 radical (unpaired) electrons. The molecule has 0 saturated heterocycles. The van der Waals surface area contributed by atoms with E-state index >= 15 is 8.78 Å². The molecule has 0 aromatic heterocycles. The Labute approximate surface area is 227 Å². The molecule has 0 saturated carbocycles. The SMILES string of the molecule is [C-]#[N+]C1=C(F)C(=C(C#N)C#N)c2c1c(-c1ccccc1)c1c(c2-c2ccccc2)C(=C(C#N)C#N)C(F)=C1C#N. The van der Waals surface area contributed by atoms with Crippen LogP contribution >= 0.6 is 0 Å². The molecule has 0 N–H and O–H groups in total. The number of rotatable bonds is 2. The Morgan fingerprint density at radius 2 is 1.00 bits per heavy atom. The monoisotopic (exact) mass is 516 g/mol. The van der Waals surface area contributed by atoms with E-state index in [0.717, 1.165) is 0 Å². The maximum atomic E-state index is 16.1. The van der Waals surface area contributed by atoms with Gasteiger partial charge in [0.2, 0.25) is 5.70 Å². The van der Waals surface area contributed by atoms with Crippen LogP contribution < -0.4 is 0 Å². The number of fused-ring (bicyclic) bond motifs is 2. The molecule has 0 bridgehead atoms. The normalized spacial score (nSPS) is 12.8. The van der Waals surface area contributed by atoms with E-state index < -0.39 is 45.2 Å². The molecule has 0 amide bonds. The van der Waals surface area contributed by atoms with Crippen LogP contribution in [-0.4, -0.2) is 0 Å². The van der Waals surface area contributed by atoms with Crippen LogP contribution in [-0.2, 0) is 0 Å². The Bertz CT molecular complexity index is 1920. The summed E-state index contributed by atoms with van der Waals surface area (Å²) in [6.07, 6.45) is 0. The minimum atomic E-state index is -1.12. The van der Waals surface area contributed by atoms with Gasteiger partial charge in [-0.05, 0) is 27.8 Å². The van der Waals surface area contributed by atoms with E-state index in [0.29, 0.717) is 11.1 Å². The van der Waals surface area contributed by atoms with Gasteiger partial charge in [0.05, 0.1) is 12.1 Å². The maximum Gasteiger partial charge on any atom is 0.231 e. The topological polar surface area (TPSA) is 123 Å². The Balaban J connectivity index is 2.23. The van der Waals surface area contributed by atoms with Gasteiger partial charge < -0.3 is 0 Å². The minimum Gasteiger partial charge on any atom is -0.234 e. The first-order chi connectivity index (χ1) is 19.5. The summed E-state index contributed by atoms with van der Waals surface area (Å²) in [5.74, 6) is -2.23. The van der Waals surface area contributed by atoms with Gasteiger partial charge in [-0.1, -0.05) is 60.7 Å². The minimum absolute atomic E-state index is 0.0209. The number of nitriles is 5. The fraction of sp³-hybridized carbons (Fsp3) is 0. The van der Waals surface area contributed by atoms with Gasteiger partial charge >= 0.3 is 0 Å². The number of hydrogen-bond donors (Lipinski definition) is 0. The summed E-state index contributed by atoms with van der Waals surface area (Å²) in [5.41, 5.74) is -2.34. The van der Waals surface area contributed by atoms with Crippen molar-refractivity contribution in [3.63, 3.8) is 0 Å². The molecule has 40 heavy (non-hydrogen) atoms. The van der Waals surface area contributed by atoms with Crippen LogP contribution in [0.1, 0.15) is 22.3 Å². The fourth-order valence-electron chi connectivity index (χ4n) is 5.16. The molecule has 3 aromatic rings. The molecule has 6 nitrogen and oxygen atoms in total. The van der Waals surface area contributed by atoms with Gasteiger partial charge in [0, 0.05) is 27.8 Å². The smallest absolute Gasteiger partial charge is 0.231 e. The average Bonchev–Trinajstić information content (AvgIpc) is 3.44. The number of benzene rings is 3. The largest absolute Gasteiger partial charge is 0.234 e. The fourth-order valence-corrected chi connectivity index (χ4v) is 5.16. The highest BCUT2D eigenvalue weighted by Gasteiger charge is 2.43. The summed E-state index contributed by atoms with van der Waals surface area (Å²) >= 11 is 0. The highest BCUT2D eigenvalue weighted by atomic mass is 19.1. The molecule has 5 rings (SSSR count). The van der Waals surface area contributed by atoms with E-state index in [4.69, 9.17) is 6.57 Å². The van der Waals surface area contributed by atoms with Gasteiger partial charge in [0.25, 0.3) is 0 Å². The predicted molar refractivity (Wildman–Crippen MR) is 142 cm³/mol. The molecular formula is C32H10F2N6. The van der Waals surface area contributed by atoms with E-state index in [1.807, 2.05) is 6.07 Å². The van der Waals surface area contributed by atoms with Crippen molar-refractivity contribution in [2.45, 2.75) is 0 Å². The second kappa shape index (κ2) is 9.71. The lowest BCUT2D eigenvalue weighted by molar-refractivity contribution is 0.681. The summed E-state index contributed by atoms with van der Waals surface area (Å²) < 4.78 is 32.3. The van der Waals surface area contributed by atoms with Crippen molar-refractivity contribution in [1.82, 2.24) is 0 Å². The van der Waals surface area contributed by atoms with Crippen molar-refractivity contribution < 1.29 is 8.78 Å². The number of allylic oxidation sites excluding steroid dienone is 7. The van der Waals surface area contributed by atoms with Gasteiger partial charge in [-0.3, -0.25) is 0 Å². The van der Waals surface area contributed by atoms with Crippen molar-refractivity contribution in [3.8, 4) is 52.6 Å². The zero-order valence-electron chi connectivity index (χ0n) is 20.2. The molecule has 182 valence electrons. The molecule has 0 unspecified atom stereocenters. The molecule has 0 spiro atoms. The first kappa shape index (κ1) is 25.1. The van der Waals surface area contributed by atoms with Gasteiger partial charge in [-0.2, -0.15) is 26.3 Å². The first-order valence-electron chi connectivity index (χ1n) is 11.5. The van der Waals surface area contributed by atoms with Crippen LogP contribution in [0.3, 0.4) is 0 Å². The summed E-state index contributed by atoms with van der Waals surface area (Å²) in [6, 6.07) is 25.1. The van der Waals surface area contributed by atoms with Crippen LogP contribution in [0.25, 0.3) is 49.5 Å². The zero-order chi connectivity index (χ0) is 28.6. The van der Waals surface area contributed by atoms with E-state index in [9.17, 15) is 26.3 Å². The second-order valence-corrected chi connectivity index (χ2v) is 8.50. The summed E-state index contributed by atoms with van der Waals surface area (Å²) in [7, 11) is 0.